The van der Waals surface area contributed by atoms with Crippen LogP contribution in [0, 0.1) is 0 Å². The number of nitrogens with two attached hydrogens (primary N) is 1. The lowest BCUT2D eigenvalue weighted by Crippen LogP contribution is -2.34. The summed E-state index contributed by atoms with van der Waals surface area (Å²) in [6.07, 6.45) is 1.12. The number of furan rings is 1. The van der Waals surface area contributed by atoms with Gasteiger partial charge >= 0.3 is 0 Å². The molecule has 0 aliphatic rings. The summed E-state index contributed by atoms with van der Waals surface area (Å²) in [5, 5.41) is 0. The Balaban J connectivity index is 2.87. The van der Waals surface area contributed by atoms with Gasteiger partial charge in [-0.25, -0.2) is 0 Å². The third-order valence-corrected chi connectivity index (χ3v) is 4.28. The van der Waals surface area contributed by atoms with Crippen LogP contribution in [-0.4, -0.2) is 24.5 Å². The summed E-state index contributed by atoms with van der Waals surface area (Å²) in [5.74, 6) is 0.913. The van der Waals surface area contributed by atoms with E-state index in [1.807, 2.05) is 6.07 Å². The molecule has 5 heteroatoms. The number of nitrogens with zero attached hydrogens (tertiary/aromatic N) is 1. The molecule has 0 saturated heterocycles. The molecule has 1 aromatic heterocycles. The van der Waals surface area contributed by atoms with Crippen LogP contribution in [0.5, 0.6) is 0 Å². The fourth-order valence-electron chi connectivity index (χ4n) is 1.79. The lowest BCUT2D eigenvalue weighted by molar-refractivity contribution is 0.187. The molecule has 1 heterocycles. The standard InChI is InChI=1S/C11H18Br2N2O/c1-3-5-15(4-2)9(7-14)10-6-8(12)11(13)16-10/h6,9H,3-5,7,14H2,1-2H3. The minimum absolute atomic E-state index is 0.160. The maximum Gasteiger partial charge on any atom is 0.183 e. The van der Waals surface area contributed by atoms with Crippen LogP contribution >= 0.6 is 31.9 Å². The van der Waals surface area contributed by atoms with Crippen molar-refractivity contribution in [2.24, 2.45) is 5.73 Å². The van der Waals surface area contributed by atoms with Gasteiger partial charge in [0.15, 0.2) is 4.67 Å². The smallest absolute Gasteiger partial charge is 0.183 e. The van der Waals surface area contributed by atoms with E-state index in [-0.39, 0.29) is 6.04 Å². The third-order valence-electron chi connectivity index (χ3n) is 2.57. The second-order valence-corrected chi connectivity index (χ2v) is 5.23. The van der Waals surface area contributed by atoms with Gasteiger partial charge in [-0.05, 0) is 57.4 Å². The fraction of sp³-hybridized carbons (Fsp3) is 0.636. The van der Waals surface area contributed by atoms with Crippen LogP contribution in [0.1, 0.15) is 32.1 Å². The van der Waals surface area contributed by atoms with E-state index in [1.54, 1.807) is 0 Å². The second kappa shape index (κ2) is 6.79. The van der Waals surface area contributed by atoms with E-state index in [4.69, 9.17) is 10.2 Å². The molecule has 92 valence electrons. The summed E-state index contributed by atoms with van der Waals surface area (Å²) in [6, 6.07) is 2.15. The van der Waals surface area contributed by atoms with Crippen LogP contribution in [0.25, 0.3) is 0 Å². The summed E-state index contributed by atoms with van der Waals surface area (Å²) < 4.78 is 7.31. The zero-order chi connectivity index (χ0) is 12.1. The molecule has 1 rings (SSSR count). The Morgan fingerprint density at radius 2 is 2.12 bits per heavy atom. The molecule has 0 bridgehead atoms. The monoisotopic (exact) mass is 352 g/mol. The van der Waals surface area contributed by atoms with Crippen molar-refractivity contribution < 1.29 is 4.42 Å². The quantitative estimate of drug-likeness (QED) is 0.850. The minimum Gasteiger partial charge on any atom is -0.451 e. The van der Waals surface area contributed by atoms with Crippen molar-refractivity contribution in [3.05, 3.63) is 21.0 Å². The maximum absolute atomic E-state index is 5.84. The topological polar surface area (TPSA) is 42.4 Å². The Bertz CT molecular complexity index is 308. The number of hydrogen-bond acceptors (Lipinski definition) is 3. The van der Waals surface area contributed by atoms with E-state index in [1.165, 1.54) is 0 Å². The molecule has 0 amide bonds. The molecule has 0 aliphatic heterocycles. The van der Waals surface area contributed by atoms with E-state index in [9.17, 15) is 0 Å². The predicted molar refractivity (Wildman–Crippen MR) is 73.4 cm³/mol. The van der Waals surface area contributed by atoms with E-state index in [2.05, 4.69) is 50.6 Å². The van der Waals surface area contributed by atoms with Crippen molar-refractivity contribution in [1.29, 1.82) is 0 Å². The zero-order valence-corrected chi connectivity index (χ0v) is 12.8. The summed E-state index contributed by atoms with van der Waals surface area (Å²) in [7, 11) is 0. The number of halogens is 2. The molecule has 0 spiro atoms. The highest BCUT2D eigenvalue weighted by atomic mass is 79.9. The van der Waals surface area contributed by atoms with Gasteiger partial charge in [0, 0.05) is 6.54 Å². The number of likely N-dealkylation sites (N-methyl/N-ethyl adjacent to an activating group) is 1. The molecule has 0 radical (unpaired) electrons. The highest BCUT2D eigenvalue weighted by Crippen LogP contribution is 2.31. The highest BCUT2D eigenvalue weighted by Gasteiger charge is 2.21. The van der Waals surface area contributed by atoms with Crippen molar-refractivity contribution in [3.63, 3.8) is 0 Å². The maximum atomic E-state index is 5.84. The van der Waals surface area contributed by atoms with Gasteiger partial charge in [-0.3, -0.25) is 4.90 Å². The van der Waals surface area contributed by atoms with Crippen molar-refractivity contribution in [2.45, 2.75) is 26.3 Å². The van der Waals surface area contributed by atoms with E-state index < -0.39 is 0 Å². The molecule has 0 aliphatic carbocycles. The molecule has 0 fully saturated rings. The normalized spacial score (nSPS) is 13.4. The molecule has 1 aromatic rings. The SMILES string of the molecule is CCCN(CC)C(CN)c1cc(Br)c(Br)o1. The fourth-order valence-corrected chi connectivity index (χ4v) is 2.40. The summed E-state index contributed by atoms with van der Waals surface area (Å²) >= 11 is 6.77. The molecule has 16 heavy (non-hydrogen) atoms. The lowest BCUT2D eigenvalue weighted by Gasteiger charge is -2.27. The van der Waals surface area contributed by atoms with Gasteiger partial charge in [-0.15, -0.1) is 0 Å². The van der Waals surface area contributed by atoms with Gasteiger partial charge in [-0.2, -0.15) is 0 Å². The average molecular weight is 354 g/mol. The highest BCUT2D eigenvalue weighted by molar-refractivity contribution is 9.13. The van der Waals surface area contributed by atoms with Crippen LogP contribution < -0.4 is 5.73 Å². The van der Waals surface area contributed by atoms with Gasteiger partial charge in [0.2, 0.25) is 0 Å². The van der Waals surface area contributed by atoms with E-state index in [0.717, 1.165) is 34.4 Å². The third kappa shape index (κ3) is 3.32. The summed E-state index contributed by atoms with van der Waals surface area (Å²) in [5.41, 5.74) is 5.84. The van der Waals surface area contributed by atoms with Gasteiger partial charge < -0.3 is 10.2 Å². The molecule has 1 atom stereocenters. The van der Waals surface area contributed by atoms with Crippen molar-refractivity contribution in [3.8, 4) is 0 Å². The molecule has 1 unspecified atom stereocenters. The predicted octanol–water partition coefficient (Wildman–Crippen LogP) is 3.54. The molecule has 2 N–H and O–H groups in total. The van der Waals surface area contributed by atoms with Crippen LogP contribution in [0.3, 0.4) is 0 Å². The average Bonchev–Trinajstić information content (AvgIpc) is 2.59. The molecule has 3 nitrogen and oxygen atoms in total. The summed E-state index contributed by atoms with van der Waals surface area (Å²) in [4.78, 5) is 2.33. The molecular formula is C11H18Br2N2O. The molecule has 0 saturated carbocycles. The zero-order valence-electron chi connectivity index (χ0n) is 9.67. The Morgan fingerprint density at radius 3 is 2.50 bits per heavy atom. The van der Waals surface area contributed by atoms with Gasteiger partial charge in [0.1, 0.15) is 5.76 Å². The first-order chi connectivity index (χ1) is 7.63. The van der Waals surface area contributed by atoms with Crippen LogP contribution in [0.2, 0.25) is 0 Å². The van der Waals surface area contributed by atoms with Gasteiger partial charge in [0.25, 0.3) is 0 Å². The first-order valence-electron chi connectivity index (χ1n) is 5.52. The minimum atomic E-state index is 0.160. The lowest BCUT2D eigenvalue weighted by atomic mass is 10.2. The first-order valence-corrected chi connectivity index (χ1v) is 7.11. The van der Waals surface area contributed by atoms with Gasteiger partial charge in [0.05, 0.1) is 10.5 Å². The first kappa shape index (κ1) is 14.2. The second-order valence-electron chi connectivity index (χ2n) is 3.65. The Hall–Kier alpha value is 0.160. The van der Waals surface area contributed by atoms with Crippen LogP contribution in [0.15, 0.2) is 19.6 Å². The van der Waals surface area contributed by atoms with Crippen LogP contribution in [-0.2, 0) is 0 Å². The van der Waals surface area contributed by atoms with E-state index >= 15 is 0 Å². The number of hydrogen-bond donors (Lipinski definition) is 1. The van der Waals surface area contributed by atoms with Crippen molar-refractivity contribution in [1.82, 2.24) is 4.90 Å². The number of rotatable bonds is 6. The Kier molecular flexibility index (Phi) is 6.03. The Morgan fingerprint density at radius 1 is 1.44 bits per heavy atom. The molecular weight excluding hydrogens is 336 g/mol. The van der Waals surface area contributed by atoms with E-state index in [0.29, 0.717) is 6.54 Å². The van der Waals surface area contributed by atoms with Crippen molar-refractivity contribution in [2.75, 3.05) is 19.6 Å². The molecule has 0 aromatic carbocycles. The summed E-state index contributed by atoms with van der Waals surface area (Å²) in [6.45, 7) is 6.90. The van der Waals surface area contributed by atoms with Gasteiger partial charge in [-0.1, -0.05) is 13.8 Å². The van der Waals surface area contributed by atoms with Crippen LogP contribution in [0.4, 0.5) is 0 Å². The largest absolute Gasteiger partial charge is 0.451 e. The van der Waals surface area contributed by atoms with Crippen molar-refractivity contribution >= 4 is 31.9 Å². The Labute approximate surface area is 114 Å².